The third kappa shape index (κ3) is 1.71. The first-order chi connectivity index (χ1) is 8.28. The van der Waals surface area contributed by atoms with Crippen LogP contribution in [0.25, 0.3) is 11.0 Å². The number of benzene rings is 1. The molecule has 2 heterocycles. The van der Waals surface area contributed by atoms with Crippen molar-refractivity contribution in [1.82, 2.24) is 5.32 Å². The molecule has 3 rings (SSSR count). The summed E-state index contributed by atoms with van der Waals surface area (Å²) in [6.45, 7) is 2.09. The number of carbonyl (C=O) groups excluding carboxylic acids is 1. The number of amides is 1. The molecule has 2 aromatic rings. The van der Waals surface area contributed by atoms with Crippen LogP contribution in [0.3, 0.4) is 0 Å². The Balaban J connectivity index is 2.00. The average molecular weight is 229 g/mol. The molecule has 1 aromatic carbocycles. The monoisotopic (exact) mass is 229 g/mol. The van der Waals surface area contributed by atoms with E-state index >= 15 is 0 Å². The van der Waals surface area contributed by atoms with Crippen molar-refractivity contribution < 1.29 is 9.21 Å². The Labute approximate surface area is 99.8 Å². The van der Waals surface area contributed by atoms with E-state index in [-0.39, 0.29) is 17.9 Å². The largest absolute Gasteiger partial charge is 0.461 e. The van der Waals surface area contributed by atoms with Gasteiger partial charge in [-0.25, -0.2) is 0 Å². The minimum absolute atomic E-state index is 0.127. The molecule has 0 bridgehead atoms. The van der Waals surface area contributed by atoms with Crippen LogP contribution in [0.1, 0.15) is 31.4 Å². The maximum atomic E-state index is 11.5. The third-order valence-electron chi connectivity index (χ3n) is 3.49. The molecule has 1 aromatic heterocycles. The predicted molar refractivity (Wildman–Crippen MR) is 65.8 cm³/mol. The van der Waals surface area contributed by atoms with Gasteiger partial charge in [0.05, 0.1) is 0 Å². The van der Waals surface area contributed by atoms with Crippen molar-refractivity contribution in [3.05, 3.63) is 36.1 Å². The van der Waals surface area contributed by atoms with E-state index in [0.717, 1.165) is 23.2 Å². The van der Waals surface area contributed by atoms with Gasteiger partial charge >= 0.3 is 0 Å². The van der Waals surface area contributed by atoms with Crippen LogP contribution in [0.4, 0.5) is 0 Å². The molecular formula is C14H15NO2. The van der Waals surface area contributed by atoms with Gasteiger partial charge in [0.25, 0.3) is 0 Å². The molecule has 0 radical (unpaired) electrons. The Kier molecular flexibility index (Phi) is 2.39. The van der Waals surface area contributed by atoms with E-state index < -0.39 is 0 Å². The molecule has 0 saturated carbocycles. The Morgan fingerprint density at radius 1 is 1.41 bits per heavy atom. The van der Waals surface area contributed by atoms with Gasteiger partial charge in [-0.05, 0) is 18.6 Å². The summed E-state index contributed by atoms with van der Waals surface area (Å²) in [4.78, 5) is 11.5. The fraction of sp³-hybridized carbons (Fsp3) is 0.357. The van der Waals surface area contributed by atoms with Crippen LogP contribution in [0.2, 0.25) is 0 Å². The Bertz CT molecular complexity index is 525. The summed E-state index contributed by atoms with van der Waals surface area (Å²) in [5, 5.41) is 4.11. The van der Waals surface area contributed by atoms with Crippen molar-refractivity contribution in [3.63, 3.8) is 0 Å². The number of para-hydroxylation sites is 1. The summed E-state index contributed by atoms with van der Waals surface area (Å²) in [6, 6.07) is 10.2. The van der Waals surface area contributed by atoms with E-state index in [4.69, 9.17) is 4.42 Å². The number of furan rings is 1. The van der Waals surface area contributed by atoms with E-state index in [0.29, 0.717) is 6.42 Å². The molecule has 1 aliphatic heterocycles. The zero-order valence-electron chi connectivity index (χ0n) is 9.77. The summed E-state index contributed by atoms with van der Waals surface area (Å²) >= 11 is 0. The van der Waals surface area contributed by atoms with Crippen molar-refractivity contribution in [2.45, 2.75) is 31.7 Å². The average Bonchev–Trinajstić information content (AvgIpc) is 2.91. The van der Waals surface area contributed by atoms with Crippen LogP contribution in [0, 0.1) is 0 Å². The van der Waals surface area contributed by atoms with Gasteiger partial charge in [0, 0.05) is 23.8 Å². The zero-order valence-corrected chi connectivity index (χ0v) is 9.77. The van der Waals surface area contributed by atoms with Gasteiger partial charge in [-0.15, -0.1) is 0 Å². The summed E-state index contributed by atoms with van der Waals surface area (Å²) in [6.07, 6.45) is 1.48. The highest BCUT2D eigenvalue weighted by Crippen LogP contribution is 2.33. The van der Waals surface area contributed by atoms with Crippen molar-refractivity contribution in [2.75, 3.05) is 0 Å². The summed E-state index contributed by atoms with van der Waals surface area (Å²) in [7, 11) is 0. The molecule has 2 unspecified atom stereocenters. The van der Waals surface area contributed by atoms with Gasteiger partial charge in [0.1, 0.15) is 11.3 Å². The van der Waals surface area contributed by atoms with Crippen LogP contribution >= 0.6 is 0 Å². The smallest absolute Gasteiger partial charge is 0.221 e. The van der Waals surface area contributed by atoms with E-state index in [1.165, 1.54) is 0 Å². The quantitative estimate of drug-likeness (QED) is 0.860. The van der Waals surface area contributed by atoms with Crippen LogP contribution < -0.4 is 5.32 Å². The molecule has 1 amide bonds. The number of nitrogens with one attached hydrogen (secondary N) is 1. The lowest BCUT2D eigenvalue weighted by Crippen LogP contribution is -2.27. The molecule has 3 nitrogen and oxygen atoms in total. The van der Waals surface area contributed by atoms with Gasteiger partial charge in [-0.1, -0.05) is 25.1 Å². The molecule has 1 fully saturated rings. The summed E-state index contributed by atoms with van der Waals surface area (Å²) < 4.78 is 5.84. The SMILES string of the molecule is CCC1NC(=O)CC1c1cc2ccccc2o1. The number of hydrogen-bond acceptors (Lipinski definition) is 2. The minimum atomic E-state index is 0.127. The van der Waals surface area contributed by atoms with Crippen molar-refractivity contribution >= 4 is 16.9 Å². The highest BCUT2D eigenvalue weighted by atomic mass is 16.3. The molecule has 17 heavy (non-hydrogen) atoms. The number of carbonyl (C=O) groups is 1. The lowest BCUT2D eigenvalue weighted by molar-refractivity contribution is -0.119. The molecule has 1 saturated heterocycles. The topological polar surface area (TPSA) is 42.2 Å². The Morgan fingerprint density at radius 2 is 2.24 bits per heavy atom. The fourth-order valence-corrected chi connectivity index (χ4v) is 2.58. The zero-order chi connectivity index (χ0) is 11.8. The first-order valence-corrected chi connectivity index (χ1v) is 6.05. The van der Waals surface area contributed by atoms with Crippen molar-refractivity contribution in [2.24, 2.45) is 0 Å². The van der Waals surface area contributed by atoms with Crippen molar-refractivity contribution in [1.29, 1.82) is 0 Å². The van der Waals surface area contributed by atoms with E-state index in [1.54, 1.807) is 0 Å². The van der Waals surface area contributed by atoms with E-state index in [2.05, 4.69) is 18.3 Å². The highest BCUT2D eigenvalue weighted by Gasteiger charge is 2.34. The molecule has 2 atom stereocenters. The standard InChI is InChI=1S/C14H15NO2/c1-2-11-10(8-14(16)15-11)13-7-9-5-3-4-6-12(9)17-13/h3-7,10-11H,2,8H2,1H3,(H,15,16). The second-order valence-electron chi connectivity index (χ2n) is 4.58. The lowest BCUT2D eigenvalue weighted by Gasteiger charge is -2.13. The minimum Gasteiger partial charge on any atom is -0.461 e. The number of rotatable bonds is 2. The molecule has 0 spiro atoms. The van der Waals surface area contributed by atoms with Gasteiger partial charge in [-0.2, -0.15) is 0 Å². The molecule has 3 heteroatoms. The summed E-state index contributed by atoms with van der Waals surface area (Å²) in [5.41, 5.74) is 0.900. The molecule has 0 aliphatic carbocycles. The van der Waals surface area contributed by atoms with Crippen LogP contribution in [-0.2, 0) is 4.79 Å². The Hall–Kier alpha value is -1.77. The van der Waals surface area contributed by atoms with Crippen LogP contribution in [-0.4, -0.2) is 11.9 Å². The first kappa shape index (κ1) is 10.4. The van der Waals surface area contributed by atoms with Gasteiger partial charge in [0.2, 0.25) is 5.91 Å². The van der Waals surface area contributed by atoms with Gasteiger partial charge in [0.15, 0.2) is 0 Å². The van der Waals surface area contributed by atoms with Gasteiger partial charge in [-0.3, -0.25) is 4.79 Å². The molecule has 1 aliphatic rings. The number of hydrogen-bond donors (Lipinski definition) is 1. The molecular weight excluding hydrogens is 214 g/mol. The first-order valence-electron chi connectivity index (χ1n) is 6.05. The Morgan fingerprint density at radius 3 is 3.00 bits per heavy atom. The van der Waals surface area contributed by atoms with E-state index in [9.17, 15) is 4.79 Å². The maximum absolute atomic E-state index is 11.5. The van der Waals surface area contributed by atoms with Crippen molar-refractivity contribution in [3.8, 4) is 0 Å². The van der Waals surface area contributed by atoms with Crippen LogP contribution in [0.5, 0.6) is 0 Å². The lowest BCUT2D eigenvalue weighted by atomic mass is 9.96. The van der Waals surface area contributed by atoms with Gasteiger partial charge < -0.3 is 9.73 Å². The molecule has 1 N–H and O–H groups in total. The van der Waals surface area contributed by atoms with Crippen LogP contribution in [0.15, 0.2) is 34.7 Å². The maximum Gasteiger partial charge on any atom is 0.221 e. The third-order valence-corrected chi connectivity index (χ3v) is 3.49. The molecule has 88 valence electrons. The second-order valence-corrected chi connectivity index (χ2v) is 4.58. The summed E-state index contributed by atoms with van der Waals surface area (Å²) in [5.74, 6) is 1.23. The highest BCUT2D eigenvalue weighted by molar-refractivity contribution is 5.81. The second kappa shape index (κ2) is 3.91. The number of fused-ring (bicyclic) bond motifs is 1. The fourth-order valence-electron chi connectivity index (χ4n) is 2.58. The normalized spacial score (nSPS) is 24.2. The predicted octanol–water partition coefficient (Wildman–Crippen LogP) is 2.81. The van der Waals surface area contributed by atoms with E-state index in [1.807, 2.05) is 24.3 Å².